The van der Waals surface area contributed by atoms with E-state index in [9.17, 15) is 4.79 Å². The Balaban J connectivity index is 1.54. The highest BCUT2D eigenvalue weighted by Crippen LogP contribution is 2.29. The normalized spacial score (nSPS) is 16.5. The van der Waals surface area contributed by atoms with Crippen LogP contribution >= 0.6 is 11.3 Å². The minimum absolute atomic E-state index is 0.0948. The van der Waals surface area contributed by atoms with E-state index in [1.165, 1.54) is 0 Å². The summed E-state index contributed by atoms with van der Waals surface area (Å²) in [7, 11) is 1.66. The first-order valence-electron chi connectivity index (χ1n) is 8.57. The first-order valence-corrected chi connectivity index (χ1v) is 9.45. The van der Waals surface area contributed by atoms with Gasteiger partial charge in [0.25, 0.3) is 0 Å². The Hall–Kier alpha value is -1.83. The highest BCUT2D eigenvalue weighted by molar-refractivity contribution is 7.09. The van der Waals surface area contributed by atoms with Gasteiger partial charge in [-0.2, -0.15) is 0 Å². The van der Waals surface area contributed by atoms with Crippen LogP contribution in [0.5, 0.6) is 0 Å². The maximum Gasteiger partial charge on any atom is 0.228 e. The molecule has 0 saturated carbocycles. The zero-order valence-electron chi connectivity index (χ0n) is 14.5. The number of hydrogen-bond donors (Lipinski definition) is 2. The average molecular weight is 360 g/mol. The predicted molar refractivity (Wildman–Crippen MR) is 98.5 cm³/mol. The zero-order valence-corrected chi connectivity index (χ0v) is 15.3. The van der Waals surface area contributed by atoms with Crippen molar-refractivity contribution in [3.63, 3.8) is 0 Å². The molecule has 3 heterocycles. The Labute approximate surface area is 152 Å². The van der Waals surface area contributed by atoms with Crippen LogP contribution in [0, 0.1) is 5.41 Å². The van der Waals surface area contributed by atoms with Crippen LogP contribution in [-0.2, 0) is 16.0 Å². The van der Waals surface area contributed by atoms with Crippen LogP contribution in [0.15, 0.2) is 29.8 Å². The molecule has 6 nitrogen and oxygen atoms in total. The average Bonchev–Trinajstić information content (AvgIpc) is 3.12. The van der Waals surface area contributed by atoms with Gasteiger partial charge in [-0.1, -0.05) is 6.07 Å². The summed E-state index contributed by atoms with van der Waals surface area (Å²) in [6.45, 7) is 2.78. The molecule has 0 aromatic carbocycles. The van der Waals surface area contributed by atoms with E-state index in [1.807, 2.05) is 23.6 Å². The van der Waals surface area contributed by atoms with Crippen molar-refractivity contribution in [3.05, 3.63) is 34.8 Å². The van der Waals surface area contributed by atoms with Gasteiger partial charge in [-0.3, -0.25) is 9.78 Å². The van der Waals surface area contributed by atoms with Crippen molar-refractivity contribution < 1.29 is 9.53 Å². The van der Waals surface area contributed by atoms with E-state index in [2.05, 4.69) is 20.6 Å². The Bertz CT molecular complexity index is 678. The van der Waals surface area contributed by atoms with E-state index in [0.717, 1.165) is 48.7 Å². The number of piperidine rings is 1. The molecule has 0 radical (unpaired) electrons. The fourth-order valence-corrected chi connectivity index (χ4v) is 3.94. The van der Waals surface area contributed by atoms with E-state index in [1.54, 1.807) is 24.6 Å². The van der Waals surface area contributed by atoms with Crippen LogP contribution in [0.1, 0.15) is 17.8 Å². The van der Waals surface area contributed by atoms with Gasteiger partial charge in [0.1, 0.15) is 0 Å². The SMILES string of the molecule is COCC1(C(=O)NCCc2nc(-c3ccccn3)cs2)CCNCC1. The quantitative estimate of drug-likeness (QED) is 0.788. The second kappa shape index (κ2) is 8.51. The monoisotopic (exact) mass is 360 g/mol. The van der Waals surface area contributed by atoms with Gasteiger partial charge in [0.15, 0.2) is 0 Å². The fraction of sp³-hybridized carbons (Fsp3) is 0.500. The molecule has 3 rings (SSSR count). The van der Waals surface area contributed by atoms with Crippen molar-refractivity contribution in [1.29, 1.82) is 0 Å². The molecule has 0 bridgehead atoms. The van der Waals surface area contributed by atoms with Crippen molar-refractivity contribution in [3.8, 4) is 11.4 Å². The van der Waals surface area contributed by atoms with E-state index < -0.39 is 5.41 Å². The van der Waals surface area contributed by atoms with Gasteiger partial charge >= 0.3 is 0 Å². The third-order valence-corrected chi connectivity index (χ3v) is 5.48. The molecule has 25 heavy (non-hydrogen) atoms. The van der Waals surface area contributed by atoms with Crippen LogP contribution in [0.3, 0.4) is 0 Å². The standard InChI is InChI=1S/C18H24N4O2S/c1-24-13-18(6-10-19-11-7-18)17(23)21-9-5-16-22-15(12-25-16)14-4-2-3-8-20-14/h2-4,8,12,19H,5-7,9-11,13H2,1H3,(H,21,23). The van der Waals surface area contributed by atoms with Gasteiger partial charge in [0.2, 0.25) is 5.91 Å². The van der Waals surface area contributed by atoms with E-state index in [0.29, 0.717) is 13.2 Å². The number of aromatic nitrogens is 2. The molecule has 1 saturated heterocycles. The second-order valence-corrected chi connectivity index (χ2v) is 7.25. The molecular formula is C18H24N4O2S. The lowest BCUT2D eigenvalue weighted by Gasteiger charge is -2.35. The zero-order chi connectivity index (χ0) is 17.5. The molecule has 2 aromatic heterocycles. The number of nitrogens with zero attached hydrogens (tertiary/aromatic N) is 2. The van der Waals surface area contributed by atoms with Crippen LogP contribution in [0.25, 0.3) is 11.4 Å². The number of hydrogen-bond acceptors (Lipinski definition) is 6. The summed E-state index contributed by atoms with van der Waals surface area (Å²) in [6, 6.07) is 5.80. The molecule has 2 aromatic rings. The van der Waals surface area contributed by atoms with Crippen LogP contribution < -0.4 is 10.6 Å². The first kappa shape index (κ1) is 18.0. The Morgan fingerprint density at radius 3 is 2.92 bits per heavy atom. The number of carbonyl (C=O) groups excluding carboxylic acids is 1. The van der Waals surface area contributed by atoms with Gasteiger partial charge in [0, 0.05) is 31.7 Å². The third-order valence-electron chi connectivity index (χ3n) is 4.57. The summed E-state index contributed by atoms with van der Waals surface area (Å²) in [5, 5.41) is 9.40. The van der Waals surface area contributed by atoms with Crippen LogP contribution in [-0.4, -0.2) is 49.2 Å². The van der Waals surface area contributed by atoms with Crippen LogP contribution in [0.2, 0.25) is 0 Å². The van der Waals surface area contributed by atoms with Gasteiger partial charge in [0.05, 0.1) is 28.4 Å². The lowest BCUT2D eigenvalue weighted by Crippen LogP contribution is -2.50. The lowest BCUT2D eigenvalue weighted by atomic mass is 9.78. The largest absolute Gasteiger partial charge is 0.384 e. The number of pyridine rings is 1. The van der Waals surface area contributed by atoms with Crippen molar-refractivity contribution in [2.24, 2.45) is 5.41 Å². The lowest BCUT2D eigenvalue weighted by molar-refractivity contribution is -0.136. The predicted octanol–water partition coefficient (Wildman–Crippen LogP) is 1.88. The fourth-order valence-electron chi connectivity index (χ4n) is 3.15. The van der Waals surface area contributed by atoms with E-state index >= 15 is 0 Å². The first-order chi connectivity index (χ1) is 12.2. The van der Waals surface area contributed by atoms with Gasteiger partial charge < -0.3 is 15.4 Å². The highest BCUT2D eigenvalue weighted by Gasteiger charge is 2.39. The molecule has 0 unspecified atom stereocenters. The maximum absolute atomic E-state index is 12.7. The molecule has 1 aliphatic rings. The van der Waals surface area contributed by atoms with Crippen molar-refractivity contribution in [2.75, 3.05) is 33.4 Å². The van der Waals surface area contributed by atoms with E-state index in [4.69, 9.17) is 4.74 Å². The topological polar surface area (TPSA) is 76.1 Å². The summed E-state index contributed by atoms with van der Waals surface area (Å²) in [4.78, 5) is 21.6. The molecule has 2 N–H and O–H groups in total. The number of carbonyl (C=O) groups is 1. The third kappa shape index (κ3) is 4.42. The summed E-state index contributed by atoms with van der Waals surface area (Å²) >= 11 is 1.60. The minimum atomic E-state index is -0.401. The summed E-state index contributed by atoms with van der Waals surface area (Å²) in [5.41, 5.74) is 1.37. The molecule has 0 aliphatic carbocycles. The van der Waals surface area contributed by atoms with Crippen LogP contribution in [0.4, 0.5) is 0 Å². The van der Waals surface area contributed by atoms with Crippen molar-refractivity contribution in [2.45, 2.75) is 19.3 Å². The van der Waals surface area contributed by atoms with E-state index in [-0.39, 0.29) is 5.91 Å². The summed E-state index contributed by atoms with van der Waals surface area (Å²) < 4.78 is 5.32. The second-order valence-electron chi connectivity index (χ2n) is 6.31. The Morgan fingerprint density at radius 1 is 1.36 bits per heavy atom. The van der Waals surface area contributed by atoms with Gasteiger partial charge in [-0.15, -0.1) is 11.3 Å². The number of thiazole rings is 1. The number of ether oxygens (including phenoxy) is 1. The molecular weight excluding hydrogens is 336 g/mol. The molecule has 134 valence electrons. The Kier molecular flexibility index (Phi) is 6.12. The van der Waals surface area contributed by atoms with Gasteiger partial charge in [-0.25, -0.2) is 4.98 Å². The molecule has 1 aliphatic heterocycles. The van der Waals surface area contributed by atoms with Gasteiger partial charge in [-0.05, 0) is 38.1 Å². The number of rotatable bonds is 7. The highest BCUT2D eigenvalue weighted by atomic mass is 32.1. The van der Waals surface area contributed by atoms with Crippen molar-refractivity contribution in [1.82, 2.24) is 20.6 Å². The maximum atomic E-state index is 12.7. The molecule has 0 spiro atoms. The summed E-state index contributed by atoms with van der Waals surface area (Å²) in [5.74, 6) is 0.0948. The van der Waals surface area contributed by atoms with Crippen molar-refractivity contribution >= 4 is 17.2 Å². The molecule has 1 fully saturated rings. The minimum Gasteiger partial charge on any atom is -0.384 e. The smallest absolute Gasteiger partial charge is 0.228 e. The molecule has 1 amide bonds. The Morgan fingerprint density at radius 2 is 2.20 bits per heavy atom. The molecule has 0 atom stereocenters. The summed E-state index contributed by atoms with van der Waals surface area (Å²) in [6.07, 6.45) is 4.12. The number of methoxy groups -OCH3 is 1. The number of nitrogens with one attached hydrogen (secondary N) is 2. The molecule has 7 heteroatoms. The number of amides is 1.